The van der Waals surface area contributed by atoms with Gasteiger partial charge >= 0.3 is 0 Å². The SMILES string of the molecule is NCCCN(C=O)C(=O)c1cc(O)[nH]c(=O)c1. The van der Waals surface area contributed by atoms with Crippen LogP contribution in [0.5, 0.6) is 5.88 Å². The van der Waals surface area contributed by atoms with E-state index in [4.69, 9.17) is 10.8 Å². The monoisotopic (exact) mass is 239 g/mol. The number of H-pyrrole nitrogens is 1. The number of nitrogens with two attached hydrogens (primary N) is 1. The summed E-state index contributed by atoms with van der Waals surface area (Å²) in [6.45, 7) is 0.518. The Labute approximate surface area is 96.9 Å². The maximum Gasteiger partial charge on any atom is 0.260 e. The van der Waals surface area contributed by atoms with Crippen molar-refractivity contribution >= 4 is 12.3 Å². The van der Waals surface area contributed by atoms with Crippen LogP contribution in [-0.4, -0.2) is 40.4 Å². The summed E-state index contributed by atoms with van der Waals surface area (Å²) in [6, 6.07) is 2.10. The van der Waals surface area contributed by atoms with Crippen molar-refractivity contribution in [1.82, 2.24) is 9.88 Å². The van der Waals surface area contributed by atoms with E-state index in [1.165, 1.54) is 0 Å². The highest BCUT2D eigenvalue weighted by Gasteiger charge is 2.15. The summed E-state index contributed by atoms with van der Waals surface area (Å²) in [5, 5.41) is 9.14. The minimum atomic E-state index is -0.644. The van der Waals surface area contributed by atoms with E-state index >= 15 is 0 Å². The summed E-state index contributed by atoms with van der Waals surface area (Å²) < 4.78 is 0. The molecule has 0 aromatic carbocycles. The molecule has 17 heavy (non-hydrogen) atoms. The summed E-state index contributed by atoms with van der Waals surface area (Å²) >= 11 is 0. The molecule has 0 aliphatic carbocycles. The van der Waals surface area contributed by atoms with E-state index in [0.29, 0.717) is 19.4 Å². The highest BCUT2D eigenvalue weighted by atomic mass is 16.3. The summed E-state index contributed by atoms with van der Waals surface area (Å²) in [5.74, 6) is -1.07. The molecule has 0 radical (unpaired) electrons. The van der Waals surface area contributed by atoms with Crippen molar-refractivity contribution in [3.63, 3.8) is 0 Å². The van der Waals surface area contributed by atoms with E-state index < -0.39 is 17.3 Å². The Hall–Kier alpha value is -2.15. The zero-order valence-corrected chi connectivity index (χ0v) is 9.05. The molecule has 1 heterocycles. The van der Waals surface area contributed by atoms with Crippen LogP contribution in [-0.2, 0) is 4.79 Å². The maximum atomic E-state index is 11.8. The molecule has 0 spiro atoms. The first-order valence-corrected chi connectivity index (χ1v) is 4.98. The van der Waals surface area contributed by atoms with Crippen LogP contribution in [0.1, 0.15) is 16.8 Å². The third-order valence-corrected chi connectivity index (χ3v) is 2.07. The fourth-order valence-corrected chi connectivity index (χ4v) is 1.28. The van der Waals surface area contributed by atoms with E-state index in [2.05, 4.69) is 4.98 Å². The van der Waals surface area contributed by atoms with Gasteiger partial charge in [0, 0.05) is 18.7 Å². The average molecular weight is 239 g/mol. The fourth-order valence-electron chi connectivity index (χ4n) is 1.28. The Balaban J connectivity index is 2.93. The summed E-state index contributed by atoms with van der Waals surface area (Å²) in [4.78, 5) is 36.5. The highest BCUT2D eigenvalue weighted by molar-refractivity contribution is 5.99. The van der Waals surface area contributed by atoms with Crippen molar-refractivity contribution in [2.75, 3.05) is 13.1 Å². The van der Waals surface area contributed by atoms with Crippen molar-refractivity contribution in [2.45, 2.75) is 6.42 Å². The minimum absolute atomic E-state index is 0.0460. The molecular formula is C10H13N3O4. The summed E-state index contributed by atoms with van der Waals surface area (Å²) in [6.07, 6.45) is 0.843. The van der Waals surface area contributed by atoms with Crippen LogP contribution in [0.15, 0.2) is 16.9 Å². The molecule has 1 rings (SSSR count). The number of imide groups is 1. The Morgan fingerprint density at radius 3 is 2.76 bits per heavy atom. The van der Waals surface area contributed by atoms with Crippen LogP contribution in [0.4, 0.5) is 0 Å². The molecular weight excluding hydrogens is 226 g/mol. The number of hydrogen-bond acceptors (Lipinski definition) is 5. The van der Waals surface area contributed by atoms with Gasteiger partial charge in [-0.25, -0.2) is 0 Å². The van der Waals surface area contributed by atoms with Crippen molar-refractivity contribution < 1.29 is 14.7 Å². The molecule has 7 nitrogen and oxygen atoms in total. The lowest BCUT2D eigenvalue weighted by Crippen LogP contribution is -2.32. The van der Waals surface area contributed by atoms with Crippen molar-refractivity contribution in [1.29, 1.82) is 0 Å². The summed E-state index contributed by atoms with van der Waals surface area (Å²) in [5.41, 5.74) is 4.61. The normalized spacial score (nSPS) is 9.94. The third kappa shape index (κ3) is 3.42. The van der Waals surface area contributed by atoms with E-state index in [-0.39, 0.29) is 12.1 Å². The molecule has 0 atom stereocenters. The van der Waals surface area contributed by atoms with Crippen LogP contribution in [0.2, 0.25) is 0 Å². The molecule has 1 aromatic heterocycles. The van der Waals surface area contributed by atoms with E-state index in [1.807, 2.05) is 0 Å². The number of nitrogens with one attached hydrogen (secondary N) is 1. The minimum Gasteiger partial charge on any atom is -0.494 e. The molecule has 0 aliphatic heterocycles. The Morgan fingerprint density at radius 1 is 1.53 bits per heavy atom. The van der Waals surface area contributed by atoms with E-state index in [9.17, 15) is 14.4 Å². The second kappa shape index (κ2) is 5.80. The number of carbonyl (C=O) groups is 2. The number of aromatic hydroxyl groups is 1. The lowest BCUT2D eigenvalue weighted by atomic mass is 10.2. The number of aromatic nitrogens is 1. The highest BCUT2D eigenvalue weighted by Crippen LogP contribution is 2.07. The predicted octanol–water partition coefficient (Wildman–Crippen LogP) is -0.972. The molecule has 92 valence electrons. The van der Waals surface area contributed by atoms with Crippen LogP contribution in [0.25, 0.3) is 0 Å². The molecule has 1 aromatic rings. The quantitative estimate of drug-likeness (QED) is 0.571. The van der Waals surface area contributed by atoms with Gasteiger partial charge in [0.25, 0.3) is 11.5 Å². The molecule has 0 saturated heterocycles. The third-order valence-electron chi connectivity index (χ3n) is 2.07. The first-order valence-electron chi connectivity index (χ1n) is 4.98. The number of pyridine rings is 1. The number of amides is 2. The Kier molecular flexibility index (Phi) is 4.41. The van der Waals surface area contributed by atoms with Gasteiger partial charge in [-0.15, -0.1) is 0 Å². The second-order valence-corrected chi connectivity index (χ2v) is 3.36. The van der Waals surface area contributed by atoms with Crippen LogP contribution in [0.3, 0.4) is 0 Å². The zero-order chi connectivity index (χ0) is 12.8. The Bertz CT molecular complexity index is 469. The number of aromatic amines is 1. The van der Waals surface area contributed by atoms with Gasteiger partial charge in [0.2, 0.25) is 6.41 Å². The lowest BCUT2D eigenvalue weighted by Gasteiger charge is -2.14. The van der Waals surface area contributed by atoms with Gasteiger partial charge in [0.05, 0.1) is 5.56 Å². The van der Waals surface area contributed by atoms with Gasteiger partial charge in [-0.05, 0) is 13.0 Å². The first-order chi connectivity index (χ1) is 8.08. The second-order valence-electron chi connectivity index (χ2n) is 3.36. The lowest BCUT2D eigenvalue weighted by molar-refractivity contribution is -0.116. The number of nitrogens with zero attached hydrogens (tertiary/aromatic N) is 1. The van der Waals surface area contributed by atoms with Crippen LogP contribution < -0.4 is 11.3 Å². The first kappa shape index (κ1) is 12.9. The topological polar surface area (TPSA) is 116 Å². The molecule has 0 saturated carbocycles. The molecule has 0 fully saturated rings. The fraction of sp³-hybridized carbons (Fsp3) is 0.300. The van der Waals surface area contributed by atoms with Gasteiger partial charge < -0.3 is 10.8 Å². The van der Waals surface area contributed by atoms with Crippen molar-refractivity contribution in [3.05, 3.63) is 28.0 Å². The van der Waals surface area contributed by atoms with Gasteiger partial charge in [-0.2, -0.15) is 0 Å². The van der Waals surface area contributed by atoms with E-state index in [0.717, 1.165) is 17.0 Å². The maximum absolute atomic E-state index is 11.8. The standard InChI is InChI=1S/C10H13N3O4/c11-2-1-3-13(6-14)10(17)7-4-8(15)12-9(16)5-7/h4-6H,1-3,11H2,(H2,12,15,16). The molecule has 0 aliphatic rings. The number of hydrogen-bond donors (Lipinski definition) is 3. The number of carbonyl (C=O) groups excluding carboxylic acids is 2. The van der Waals surface area contributed by atoms with Gasteiger partial charge in [-0.3, -0.25) is 24.3 Å². The molecule has 4 N–H and O–H groups in total. The summed E-state index contributed by atoms with van der Waals surface area (Å²) in [7, 11) is 0. The average Bonchev–Trinajstić information content (AvgIpc) is 2.28. The largest absolute Gasteiger partial charge is 0.494 e. The van der Waals surface area contributed by atoms with Crippen LogP contribution >= 0.6 is 0 Å². The van der Waals surface area contributed by atoms with Crippen molar-refractivity contribution in [2.24, 2.45) is 5.73 Å². The van der Waals surface area contributed by atoms with Gasteiger partial charge in [0.1, 0.15) is 0 Å². The number of rotatable bonds is 5. The molecule has 0 bridgehead atoms. The molecule has 0 unspecified atom stereocenters. The van der Waals surface area contributed by atoms with E-state index in [1.54, 1.807) is 0 Å². The van der Waals surface area contributed by atoms with Crippen molar-refractivity contribution in [3.8, 4) is 5.88 Å². The smallest absolute Gasteiger partial charge is 0.260 e. The van der Waals surface area contributed by atoms with Crippen LogP contribution in [0, 0.1) is 0 Å². The Morgan fingerprint density at radius 2 is 2.24 bits per heavy atom. The zero-order valence-electron chi connectivity index (χ0n) is 9.05. The van der Waals surface area contributed by atoms with Gasteiger partial charge in [-0.1, -0.05) is 0 Å². The van der Waals surface area contributed by atoms with Gasteiger partial charge in [0.15, 0.2) is 5.88 Å². The molecule has 2 amide bonds. The molecule has 7 heteroatoms. The predicted molar refractivity (Wildman–Crippen MR) is 59.5 cm³/mol.